The van der Waals surface area contributed by atoms with Crippen LogP contribution >= 0.6 is 0 Å². The Morgan fingerprint density at radius 1 is 0.800 bits per heavy atom. The molecule has 1 unspecified atom stereocenters. The van der Waals surface area contributed by atoms with Crippen LogP contribution in [0.3, 0.4) is 0 Å². The molecule has 0 amide bonds. The number of hydrogen-bond acceptors (Lipinski definition) is 4. The van der Waals surface area contributed by atoms with E-state index in [4.69, 9.17) is 0 Å². The third-order valence-corrected chi connectivity index (χ3v) is 5.00. The van der Waals surface area contributed by atoms with E-state index in [0.717, 1.165) is 44.9 Å². The Kier molecular flexibility index (Phi) is 21.7. The van der Waals surface area contributed by atoms with Gasteiger partial charge in [0.05, 0.1) is 17.4 Å². The SMILES string of the molecule is CCCCCCCCC(C(=O)[O-])(C(=O)[O-])C(CC)CCCCC.[Li+].[Na+]. The van der Waals surface area contributed by atoms with Crippen molar-refractivity contribution in [1.29, 1.82) is 0 Å². The van der Waals surface area contributed by atoms with Gasteiger partial charge in [-0.3, -0.25) is 0 Å². The quantitative estimate of drug-likeness (QED) is 0.176. The molecule has 0 heterocycles. The maximum absolute atomic E-state index is 11.7. The van der Waals surface area contributed by atoms with Gasteiger partial charge in [0.1, 0.15) is 0 Å². The number of hydrogen-bond donors (Lipinski definition) is 0. The fourth-order valence-electron chi connectivity index (χ4n) is 3.45. The van der Waals surface area contributed by atoms with Crippen LogP contribution in [0.1, 0.15) is 97.8 Å². The molecule has 0 N–H and O–H groups in total. The molecule has 0 aliphatic carbocycles. The van der Waals surface area contributed by atoms with E-state index in [1.165, 1.54) is 6.42 Å². The number of carboxylic acids is 2. The van der Waals surface area contributed by atoms with Gasteiger partial charge in [-0.25, -0.2) is 0 Å². The van der Waals surface area contributed by atoms with Crippen LogP contribution in [0.2, 0.25) is 0 Å². The second-order valence-corrected chi connectivity index (χ2v) is 6.66. The van der Waals surface area contributed by atoms with Crippen molar-refractivity contribution >= 4 is 11.9 Å². The summed E-state index contributed by atoms with van der Waals surface area (Å²) >= 11 is 0. The topological polar surface area (TPSA) is 80.3 Å². The molecule has 0 saturated carbocycles. The molecular weight excluding hydrogens is 322 g/mol. The first-order valence-electron chi connectivity index (χ1n) is 9.40. The van der Waals surface area contributed by atoms with E-state index in [0.29, 0.717) is 19.3 Å². The summed E-state index contributed by atoms with van der Waals surface area (Å²) in [5.41, 5.74) is -1.83. The van der Waals surface area contributed by atoms with E-state index in [9.17, 15) is 19.8 Å². The molecule has 1 atom stereocenters. The summed E-state index contributed by atoms with van der Waals surface area (Å²) in [7, 11) is 0. The average molecular weight is 356 g/mol. The smallest absolute Gasteiger partial charge is 0.549 e. The molecule has 0 radical (unpaired) electrons. The molecule has 0 aliphatic rings. The summed E-state index contributed by atoms with van der Waals surface area (Å²) in [6, 6.07) is 0. The molecule has 136 valence electrons. The first-order valence-corrected chi connectivity index (χ1v) is 9.40. The van der Waals surface area contributed by atoms with Gasteiger partial charge in [0.25, 0.3) is 0 Å². The Hall–Kier alpha value is 0.537. The Balaban J connectivity index is -0.00000242. The van der Waals surface area contributed by atoms with Crippen LogP contribution < -0.4 is 58.6 Å². The molecule has 0 fully saturated rings. The number of carbonyl (C=O) groups is 2. The van der Waals surface area contributed by atoms with Gasteiger partial charge in [-0.1, -0.05) is 85.0 Å². The van der Waals surface area contributed by atoms with E-state index in [-0.39, 0.29) is 54.8 Å². The zero-order chi connectivity index (χ0) is 17.7. The van der Waals surface area contributed by atoms with Crippen LogP contribution in [0, 0.1) is 11.3 Å². The van der Waals surface area contributed by atoms with Crippen molar-refractivity contribution in [3.05, 3.63) is 0 Å². The first-order chi connectivity index (χ1) is 11.0. The van der Waals surface area contributed by atoms with Crippen LogP contribution in [0.25, 0.3) is 0 Å². The second kappa shape index (κ2) is 17.9. The van der Waals surface area contributed by atoms with Crippen LogP contribution in [0.4, 0.5) is 0 Å². The zero-order valence-electron chi connectivity index (χ0n) is 17.2. The molecule has 0 aromatic heterocycles. The van der Waals surface area contributed by atoms with E-state index < -0.39 is 23.3 Å². The van der Waals surface area contributed by atoms with Crippen LogP contribution in [0.5, 0.6) is 0 Å². The molecule has 0 aromatic rings. The van der Waals surface area contributed by atoms with Gasteiger partial charge in [0, 0.05) is 0 Å². The molecule has 25 heavy (non-hydrogen) atoms. The number of aliphatic carboxylic acids is 2. The van der Waals surface area contributed by atoms with Crippen molar-refractivity contribution in [1.82, 2.24) is 0 Å². The van der Waals surface area contributed by atoms with Crippen LogP contribution in [-0.4, -0.2) is 11.9 Å². The summed E-state index contributed by atoms with van der Waals surface area (Å²) in [5.74, 6) is -3.33. The second-order valence-electron chi connectivity index (χ2n) is 6.66. The van der Waals surface area contributed by atoms with Gasteiger partial charge in [-0.15, -0.1) is 0 Å². The molecule has 0 spiro atoms. The summed E-state index contributed by atoms with van der Waals surface area (Å²) in [5, 5.41) is 23.5. The van der Waals surface area contributed by atoms with Gasteiger partial charge >= 0.3 is 48.4 Å². The molecule has 0 bridgehead atoms. The van der Waals surface area contributed by atoms with Crippen molar-refractivity contribution in [3.8, 4) is 0 Å². The minimum atomic E-state index is -1.83. The van der Waals surface area contributed by atoms with Crippen molar-refractivity contribution in [3.63, 3.8) is 0 Å². The standard InChI is InChI=1S/C19H36O4.Li.Na/c1-4-7-9-10-11-13-15-19(17(20)21,18(22)23)16(6-3)14-12-8-5-2;;/h16H,4-15H2,1-3H3,(H,20,21)(H,22,23);;/q;2*+1/p-2. The number of carbonyl (C=O) groups excluding carboxylic acids is 2. The van der Waals surface area contributed by atoms with Gasteiger partial charge in [0.15, 0.2) is 0 Å². The zero-order valence-corrected chi connectivity index (χ0v) is 19.2. The molecule has 6 heteroatoms. The number of unbranched alkanes of at least 4 members (excludes halogenated alkanes) is 7. The van der Waals surface area contributed by atoms with Crippen molar-refractivity contribution in [2.45, 2.75) is 97.8 Å². The molecule has 0 aromatic carbocycles. The largest absolute Gasteiger partial charge is 1.00 e. The maximum atomic E-state index is 11.7. The summed E-state index contributed by atoms with van der Waals surface area (Å²) in [6.45, 7) is 6.07. The summed E-state index contributed by atoms with van der Waals surface area (Å²) in [4.78, 5) is 23.5. The van der Waals surface area contributed by atoms with E-state index in [1.54, 1.807) is 0 Å². The Morgan fingerprint density at radius 2 is 1.24 bits per heavy atom. The summed E-state index contributed by atoms with van der Waals surface area (Å²) in [6.07, 6.45) is 10.1. The van der Waals surface area contributed by atoms with Gasteiger partial charge in [-0.05, 0) is 18.8 Å². The predicted octanol–water partition coefficient (Wildman–Crippen LogP) is -3.16. The Bertz CT molecular complexity index is 336. The predicted molar refractivity (Wildman–Crippen MR) is 88.4 cm³/mol. The van der Waals surface area contributed by atoms with Gasteiger partial charge in [0.2, 0.25) is 0 Å². The monoisotopic (exact) mass is 356 g/mol. The average Bonchev–Trinajstić information content (AvgIpc) is 2.51. The van der Waals surface area contributed by atoms with Crippen LogP contribution in [-0.2, 0) is 9.59 Å². The van der Waals surface area contributed by atoms with E-state index in [1.807, 2.05) is 6.92 Å². The molecule has 0 aliphatic heterocycles. The van der Waals surface area contributed by atoms with Crippen molar-refractivity contribution < 1.29 is 68.2 Å². The van der Waals surface area contributed by atoms with Crippen molar-refractivity contribution in [2.24, 2.45) is 11.3 Å². The third kappa shape index (κ3) is 10.4. The van der Waals surface area contributed by atoms with Crippen molar-refractivity contribution in [2.75, 3.05) is 0 Å². The normalized spacial score (nSPS) is 12.0. The minimum Gasteiger partial charge on any atom is -0.549 e. The molecule has 0 saturated heterocycles. The summed E-state index contributed by atoms with van der Waals surface area (Å²) < 4.78 is 0. The molecular formula is C19H34LiNaO4. The van der Waals surface area contributed by atoms with Gasteiger partial charge in [-0.2, -0.15) is 0 Å². The number of rotatable bonds is 15. The third-order valence-electron chi connectivity index (χ3n) is 5.00. The molecule has 4 nitrogen and oxygen atoms in total. The van der Waals surface area contributed by atoms with Gasteiger partial charge < -0.3 is 19.8 Å². The Morgan fingerprint density at radius 3 is 1.68 bits per heavy atom. The minimum absolute atomic E-state index is 0. The molecule has 0 rings (SSSR count). The Labute approximate surface area is 188 Å². The number of carboxylic acid groups (broad SMARTS) is 2. The fraction of sp³-hybridized carbons (Fsp3) is 0.895. The van der Waals surface area contributed by atoms with Crippen LogP contribution in [0.15, 0.2) is 0 Å². The fourth-order valence-corrected chi connectivity index (χ4v) is 3.45. The first kappa shape index (κ1) is 30.3. The maximum Gasteiger partial charge on any atom is 1.00 e. The van der Waals surface area contributed by atoms with E-state index in [2.05, 4.69) is 13.8 Å². The van der Waals surface area contributed by atoms with E-state index >= 15 is 0 Å².